The summed E-state index contributed by atoms with van der Waals surface area (Å²) in [5.41, 5.74) is 2.23. The van der Waals surface area contributed by atoms with Gasteiger partial charge in [0, 0.05) is 6.92 Å². The SMILES string of the molecule is COc1ccc(C(C)N(C(C)=O)C(C)c2ccccc2)cc1. The largest absolute Gasteiger partial charge is 0.497 e. The third-order valence-corrected chi connectivity index (χ3v) is 4.08. The molecule has 116 valence electrons. The summed E-state index contributed by atoms with van der Waals surface area (Å²) < 4.78 is 5.19. The Labute approximate surface area is 132 Å². The van der Waals surface area contributed by atoms with E-state index in [1.54, 1.807) is 14.0 Å². The highest BCUT2D eigenvalue weighted by molar-refractivity contribution is 5.74. The summed E-state index contributed by atoms with van der Waals surface area (Å²) >= 11 is 0. The lowest BCUT2D eigenvalue weighted by atomic mass is 10.0. The minimum atomic E-state index is -0.00128. The van der Waals surface area contributed by atoms with Gasteiger partial charge in [0.15, 0.2) is 0 Å². The second-order valence-corrected chi connectivity index (χ2v) is 5.46. The summed E-state index contributed by atoms with van der Waals surface area (Å²) in [6.07, 6.45) is 0. The van der Waals surface area contributed by atoms with E-state index in [1.165, 1.54) is 0 Å². The number of benzene rings is 2. The van der Waals surface area contributed by atoms with Crippen molar-refractivity contribution in [3.63, 3.8) is 0 Å². The molecule has 0 bridgehead atoms. The molecule has 1 amide bonds. The average Bonchev–Trinajstić information content (AvgIpc) is 2.55. The highest BCUT2D eigenvalue weighted by Crippen LogP contribution is 2.31. The molecule has 0 saturated heterocycles. The van der Waals surface area contributed by atoms with Crippen molar-refractivity contribution >= 4 is 5.91 Å². The molecule has 22 heavy (non-hydrogen) atoms. The molecule has 2 aromatic carbocycles. The van der Waals surface area contributed by atoms with Crippen molar-refractivity contribution in [1.82, 2.24) is 4.90 Å². The van der Waals surface area contributed by atoms with Gasteiger partial charge in [0.05, 0.1) is 19.2 Å². The minimum absolute atomic E-state index is 0.00128. The summed E-state index contributed by atoms with van der Waals surface area (Å²) in [6.45, 7) is 5.75. The smallest absolute Gasteiger partial charge is 0.220 e. The van der Waals surface area contributed by atoms with Crippen molar-refractivity contribution in [2.75, 3.05) is 7.11 Å². The number of hydrogen-bond donors (Lipinski definition) is 0. The summed E-state index contributed by atoms with van der Waals surface area (Å²) in [4.78, 5) is 14.1. The maximum Gasteiger partial charge on any atom is 0.220 e. The van der Waals surface area contributed by atoms with Gasteiger partial charge in [0.2, 0.25) is 5.91 Å². The number of carbonyl (C=O) groups is 1. The van der Waals surface area contributed by atoms with Crippen molar-refractivity contribution in [3.8, 4) is 5.75 Å². The van der Waals surface area contributed by atoms with E-state index in [0.29, 0.717) is 0 Å². The van der Waals surface area contributed by atoms with E-state index in [2.05, 4.69) is 26.0 Å². The standard InChI is InChI=1S/C19H23NO2/c1-14(17-8-6-5-7-9-17)20(16(3)21)15(2)18-10-12-19(22-4)13-11-18/h5-15H,1-4H3. The van der Waals surface area contributed by atoms with Gasteiger partial charge in [-0.05, 0) is 37.1 Å². The van der Waals surface area contributed by atoms with Crippen LogP contribution in [0.25, 0.3) is 0 Å². The van der Waals surface area contributed by atoms with E-state index in [-0.39, 0.29) is 18.0 Å². The fourth-order valence-corrected chi connectivity index (χ4v) is 2.82. The molecule has 2 aromatic rings. The summed E-state index contributed by atoms with van der Waals surface area (Å²) in [6, 6.07) is 18.0. The molecule has 0 heterocycles. The first kappa shape index (κ1) is 16.1. The normalized spacial score (nSPS) is 13.3. The van der Waals surface area contributed by atoms with Gasteiger partial charge >= 0.3 is 0 Å². The molecule has 2 atom stereocenters. The highest BCUT2D eigenvalue weighted by atomic mass is 16.5. The van der Waals surface area contributed by atoms with Gasteiger partial charge < -0.3 is 9.64 Å². The third kappa shape index (κ3) is 3.48. The van der Waals surface area contributed by atoms with Crippen LogP contribution in [-0.2, 0) is 4.79 Å². The van der Waals surface area contributed by atoms with Gasteiger partial charge in [-0.2, -0.15) is 0 Å². The monoisotopic (exact) mass is 297 g/mol. The van der Waals surface area contributed by atoms with Gasteiger partial charge in [-0.25, -0.2) is 0 Å². The van der Waals surface area contributed by atoms with Crippen LogP contribution >= 0.6 is 0 Å². The molecule has 0 aliphatic carbocycles. The molecule has 0 saturated carbocycles. The topological polar surface area (TPSA) is 29.5 Å². The molecule has 0 aromatic heterocycles. The number of hydrogen-bond acceptors (Lipinski definition) is 2. The van der Waals surface area contributed by atoms with Crippen LogP contribution in [0.3, 0.4) is 0 Å². The van der Waals surface area contributed by atoms with E-state index >= 15 is 0 Å². The van der Waals surface area contributed by atoms with Crippen molar-refractivity contribution < 1.29 is 9.53 Å². The predicted octanol–water partition coefficient (Wildman–Crippen LogP) is 4.37. The van der Waals surface area contributed by atoms with Gasteiger partial charge in [-0.15, -0.1) is 0 Å². The fourth-order valence-electron chi connectivity index (χ4n) is 2.82. The molecule has 0 aliphatic rings. The molecule has 3 nitrogen and oxygen atoms in total. The van der Waals surface area contributed by atoms with E-state index in [1.807, 2.05) is 47.4 Å². The average molecular weight is 297 g/mol. The van der Waals surface area contributed by atoms with Crippen LogP contribution in [0.15, 0.2) is 54.6 Å². The molecular weight excluding hydrogens is 274 g/mol. The summed E-state index contributed by atoms with van der Waals surface area (Å²) in [5, 5.41) is 0. The summed E-state index contributed by atoms with van der Waals surface area (Å²) in [5.74, 6) is 0.890. The molecule has 0 aliphatic heterocycles. The molecule has 0 N–H and O–H groups in total. The van der Waals surface area contributed by atoms with Gasteiger partial charge in [-0.3, -0.25) is 4.79 Å². The van der Waals surface area contributed by atoms with Gasteiger partial charge in [0.1, 0.15) is 5.75 Å². The first-order valence-electron chi connectivity index (χ1n) is 7.52. The van der Waals surface area contributed by atoms with Gasteiger partial charge in [0.25, 0.3) is 0 Å². The van der Waals surface area contributed by atoms with Crippen LogP contribution < -0.4 is 4.74 Å². The molecular formula is C19H23NO2. The molecule has 2 unspecified atom stereocenters. The van der Waals surface area contributed by atoms with Crippen LogP contribution in [0.4, 0.5) is 0 Å². The molecule has 2 rings (SSSR count). The van der Waals surface area contributed by atoms with Crippen molar-refractivity contribution in [3.05, 3.63) is 65.7 Å². The third-order valence-electron chi connectivity index (χ3n) is 4.08. The maximum atomic E-state index is 12.2. The number of methoxy groups -OCH3 is 1. The Hall–Kier alpha value is -2.29. The second-order valence-electron chi connectivity index (χ2n) is 5.46. The molecule has 0 radical (unpaired) electrons. The molecule has 3 heteroatoms. The lowest BCUT2D eigenvalue weighted by molar-refractivity contribution is -0.133. The molecule has 0 spiro atoms. The number of ether oxygens (including phenoxy) is 1. The van der Waals surface area contributed by atoms with E-state index < -0.39 is 0 Å². The van der Waals surface area contributed by atoms with Gasteiger partial charge in [-0.1, -0.05) is 42.5 Å². The maximum absolute atomic E-state index is 12.2. The fraction of sp³-hybridized carbons (Fsp3) is 0.316. The lowest BCUT2D eigenvalue weighted by Gasteiger charge is -2.34. The quantitative estimate of drug-likeness (QED) is 0.820. The number of nitrogens with zero attached hydrogens (tertiary/aromatic N) is 1. The zero-order valence-electron chi connectivity index (χ0n) is 13.6. The Morgan fingerprint density at radius 1 is 0.909 bits per heavy atom. The van der Waals surface area contributed by atoms with Crippen molar-refractivity contribution in [1.29, 1.82) is 0 Å². The Morgan fingerprint density at radius 2 is 1.41 bits per heavy atom. The number of rotatable bonds is 5. The lowest BCUT2D eigenvalue weighted by Crippen LogP contribution is -2.34. The van der Waals surface area contributed by atoms with Crippen LogP contribution in [0.1, 0.15) is 44.0 Å². The summed E-state index contributed by atoms with van der Waals surface area (Å²) in [7, 11) is 1.65. The number of carbonyl (C=O) groups excluding carboxylic acids is 1. The van der Waals surface area contributed by atoms with Crippen molar-refractivity contribution in [2.45, 2.75) is 32.9 Å². The highest BCUT2D eigenvalue weighted by Gasteiger charge is 2.24. The van der Waals surface area contributed by atoms with Crippen LogP contribution in [0.2, 0.25) is 0 Å². The van der Waals surface area contributed by atoms with E-state index in [0.717, 1.165) is 16.9 Å². The van der Waals surface area contributed by atoms with Crippen LogP contribution in [0.5, 0.6) is 5.75 Å². The Bertz CT molecular complexity index is 607. The Kier molecular flexibility index (Phi) is 5.21. The first-order chi connectivity index (χ1) is 10.5. The van der Waals surface area contributed by atoms with E-state index in [9.17, 15) is 4.79 Å². The minimum Gasteiger partial charge on any atom is -0.497 e. The zero-order chi connectivity index (χ0) is 16.1. The van der Waals surface area contributed by atoms with Crippen LogP contribution in [0, 0.1) is 0 Å². The zero-order valence-corrected chi connectivity index (χ0v) is 13.6. The second kappa shape index (κ2) is 7.12. The Balaban J connectivity index is 2.28. The Morgan fingerprint density at radius 3 is 1.86 bits per heavy atom. The van der Waals surface area contributed by atoms with Crippen LogP contribution in [-0.4, -0.2) is 17.9 Å². The van der Waals surface area contributed by atoms with Crippen molar-refractivity contribution in [2.24, 2.45) is 0 Å². The predicted molar refractivity (Wildman–Crippen MR) is 88.8 cm³/mol. The molecule has 0 fully saturated rings. The number of amides is 1. The van der Waals surface area contributed by atoms with E-state index in [4.69, 9.17) is 4.74 Å². The first-order valence-corrected chi connectivity index (χ1v) is 7.52.